The normalized spacial score (nSPS) is 14.7. The highest BCUT2D eigenvalue weighted by Crippen LogP contribution is 2.33. The quantitative estimate of drug-likeness (QED) is 0.592. The van der Waals surface area contributed by atoms with E-state index in [-0.39, 0.29) is 23.6 Å². The summed E-state index contributed by atoms with van der Waals surface area (Å²) in [5.41, 5.74) is 3.43. The second-order valence-electron chi connectivity index (χ2n) is 7.97. The standard InChI is InChI=1S/C23H26N4O2S/c1-15(2)12-13-26-19-10-6-5-9-18(19)25-23(26)30-16(3)22(29)27-14-21(28)24-17-8-4-7-11-20(17)27/h4-11,15-16H,12-14H2,1-3H3,(H,24,28). The molecule has 30 heavy (non-hydrogen) atoms. The molecule has 0 fully saturated rings. The Kier molecular flexibility index (Phi) is 5.81. The van der Waals surface area contributed by atoms with Gasteiger partial charge in [-0.15, -0.1) is 0 Å². The number of imidazole rings is 1. The van der Waals surface area contributed by atoms with Gasteiger partial charge in [0.1, 0.15) is 6.54 Å². The van der Waals surface area contributed by atoms with Crippen molar-refractivity contribution < 1.29 is 9.59 Å². The molecule has 0 saturated heterocycles. The minimum Gasteiger partial charge on any atom is -0.323 e. The molecule has 1 aromatic heterocycles. The number of nitrogens with zero attached hydrogens (tertiary/aromatic N) is 3. The number of thioether (sulfide) groups is 1. The van der Waals surface area contributed by atoms with Gasteiger partial charge in [-0.25, -0.2) is 4.98 Å². The molecule has 1 aliphatic rings. The van der Waals surface area contributed by atoms with E-state index in [1.54, 1.807) is 4.90 Å². The predicted octanol–water partition coefficient (Wildman–Crippen LogP) is 4.55. The first kappa shape index (κ1) is 20.5. The van der Waals surface area contributed by atoms with Gasteiger partial charge < -0.3 is 9.88 Å². The number of aryl methyl sites for hydroxylation is 1. The third-order valence-electron chi connectivity index (χ3n) is 5.22. The number of hydrogen-bond donors (Lipinski definition) is 1. The summed E-state index contributed by atoms with van der Waals surface area (Å²) in [6.45, 7) is 7.18. The van der Waals surface area contributed by atoms with E-state index < -0.39 is 0 Å². The number of benzene rings is 2. The number of rotatable bonds is 6. The molecule has 0 saturated carbocycles. The fourth-order valence-corrected chi connectivity index (χ4v) is 4.62. The average molecular weight is 423 g/mol. The van der Waals surface area contributed by atoms with E-state index in [1.807, 2.05) is 49.4 Å². The zero-order valence-electron chi connectivity index (χ0n) is 17.5. The van der Waals surface area contributed by atoms with Crippen molar-refractivity contribution in [2.24, 2.45) is 5.92 Å². The van der Waals surface area contributed by atoms with E-state index in [0.717, 1.165) is 34.8 Å². The van der Waals surface area contributed by atoms with Crippen molar-refractivity contribution in [1.29, 1.82) is 0 Å². The Morgan fingerprint density at radius 2 is 1.87 bits per heavy atom. The minimum absolute atomic E-state index is 0.0323. The molecule has 3 aromatic rings. The third kappa shape index (κ3) is 4.07. The first-order valence-corrected chi connectivity index (χ1v) is 11.1. The molecule has 7 heteroatoms. The van der Waals surface area contributed by atoms with Crippen LogP contribution in [-0.2, 0) is 16.1 Å². The van der Waals surface area contributed by atoms with Gasteiger partial charge in [0.05, 0.1) is 27.7 Å². The van der Waals surface area contributed by atoms with Gasteiger partial charge in [-0.1, -0.05) is 49.9 Å². The maximum Gasteiger partial charge on any atom is 0.244 e. The Balaban J connectivity index is 1.60. The highest BCUT2D eigenvalue weighted by molar-refractivity contribution is 8.00. The molecule has 0 bridgehead atoms. The summed E-state index contributed by atoms with van der Waals surface area (Å²) in [6, 6.07) is 15.5. The molecular weight excluding hydrogens is 396 g/mol. The van der Waals surface area contributed by atoms with Crippen LogP contribution in [0.4, 0.5) is 11.4 Å². The number of hydrogen-bond acceptors (Lipinski definition) is 4. The van der Waals surface area contributed by atoms with Gasteiger partial charge in [0.2, 0.25) is 11.8 Å². The number of nitrogens with one attached hydrogen (secondary N) is 1. The lowest BCUT2D eigenvalue weighted by atomic mass is 10.1. The molecule has 1 unspecified atom stereocenters. The summed E-state index contributed by atoms with van der Waals surface area (Å²) in [6.07, 6.45) is 1.04. The van der Waals surface area contributed by atoms with E-state index in [1.165, 1.54) is 11.8 Å². The number of carbonyl (C=O) groups excluding carboxylic acids is 2. The van der Waals surface area contributed by atoms with Gasteiger partial charge in [-0.05, 0) is 43.5 Å². The van der Waals surface area contributed by atoms with Crippen LogP contribution >= 0.6 is 11.8 Å². The predicted molar refractivity (Wildman–Crippen MR) is 122 cm³/mol. The Morgan fingerprint density at radius 1 is 1.13 bits per heavy atom. The molecule has 6 nitrogen and oxygen atoms in total. The van der Waals surface area contributed by atoms with Crippen LogP contribution in [0.3, 0.4) is 0 Å². The maximum absolute atomic E-state index is 13.3. The minimum atomic E-state index is -0.376. The van der Waals surface area contributed by atoms with Crippen molar-refractivity contribution in [2.75, 3.05) is 16.8 Å². The van der Waals surface area contributed by atoms with E-state index in [4.69, 9.17) is 4.98 Å². The molecule has 2 amide bonds. The number of fused-ring (bicyclic) bond motifs is 2. The van der Waals surface area contributed by atoms with Crippen LogP contribution in [0.5, 0.6) is 0 Å². The number of anilines is 2. The largest absolute Gasteiger partial charge is 0.323 e. The van der Waals surface area contributed by atoms with Crippen LogP contribution < -0.4 is 10.2 Å². The molecule has 156 valence electrons. The second-order valence-corrected chi connectivity index (χ2v) is 9.27. The van der Waals surface area contributed by atoms with Gasteiger partial charge in [-0.2, -0.15) is 0 Å². The highest BCUT2D eigenvalue weighted by atomic mass is 32.2. The van der Waals surface area contributed by atoms with Gasteiger partial charge in [0.25, 0.3) is 0 Å². The van der Waals surface area contributed by atoms with Gasteiger partial charge >= 0.3 is 0 Å². The van der Waals surface area contributed by atoms with Gasteiger partial charge in [0.15, 0.2) is 5.16 Å². The molecule has 0 spiro atoms. The first-order valence-electron chi connectivity index (χ1n) is 10.3. The van der Waals surface area contributed by atoms with Crippen molar-refractivity contribution >= 4 is 46.0 Å². The summed E-state index contributed by atoms with van der Waals surface area (Å²) in [7, 11) is 0. The molecular formula is C23H26N4O2S. The van der Waals surface area contributed by atoms with Crippen molar-refractivity contribution in [3.05, 3.63) is 48.5 Å². The van der Waals surface area contributed by atoms with E-state index >= 15 is 0 Å². The monoisotopic (exact) mass is 422 g/mol. The lowest BCUT2D eigenvalue weighted by Crippen LogP contribution is -2.45. The van der Waals surface area contributed by atoms with Crippen molar-refractivity contribution in [2.45, 2.75) is 44.1 Å². The Labute approximate surface area is 180 Å². The van der Waals surface area contributed by atoms with Crippen LogP contribution in [0.15, 0.2) is 53.7 Å². The molecule has 1 aliphatic heterocycles. The summed E-state index contributed by atoms with van der Waals surface area (Å²) < 4.78 is 2.21. The summed E-state index contributed by atoms with van der Waals surface area (Å²) in [5, 5.41) is 3.30. The van der Waals surface area contributed by atoms with Crippen LogP contribution in [0, 0.1) is 5.92 Å². The Bertz CT molecular complexity index is 1090. The Morgan fingerprint density at radius 3 is 2.67 bits per heavy atom. The number of amides is 2. The number of carbonyl (C=O) groups is 2. The van der Waals surface area contributed by atoms with Crippen LogP contribution in [-0.4, -0.2) is 33.2 Å². The lowest BCUT2D eigenvalue weighted by Gasteiger charge is -2.30. The zero-order valence-corrected chi connectivity index (χ0v) is 18.3. The topological polar surface area (TPSA) is 67.2 Å². The van der Waals surface area contributed by atoms with E-state index in [9.17, 15) is 9.59 Å². The van der Waals surface area contributed by atoms with Gasteiger partial charge in [0, 0.05) is 6.54 Å². The summed E-state index contributed by atoms with van der Waals surface area (Å²) in [4.78, 5) is 31.8. The van der Waals surface area contributed by atoms with Crippen LogP contribution in [0.2, 0.25) is 0 Å². The fraction of sp³-hybridized carbons (Fsp3) is 0.348. The molecule has 1 N–H and O–H groups in total. The molecule has 0 aliphatic carbocycles. The molecule has 1 atom stereocenters. The summed E-state index contributed by atoms with van der Waals surface area (Å²) >= 11 is 1.45. The van der Waals surface area contributed by atoms with E-state index in [0.29, 0.717) is 11.6 Å². The van der Waals surface area contributed by atoms with Crippen molar-refractivity contribution in [3.63, 3.8) is 0 Å². The third-order valence-corrected chi connectivity index (χ3v) is 6.29. The molecule has 4 rings (SSSR count). The number of para-hydroxylation sites is 4. The fourth-order valence-electron chi connectivity index (χ4n) is 3.60. The van der Waals surface area contributed by atoms with Crippen LogP contribution in [0.25, 0.3) is 11.0 Å². The summed E-state index contributed by atoms with van der Waals surface area (Å²) in [5.74, 6) is 0.305. The average Bonchev–Trinajstić information content (AvgIpc) is 3.07. The smallest absolute Gasteiger partial charge is 0.244 e. The maximum atomic E-state index is 13.3. The van der Waals surface area contributed by atoms with Gasteiger partial charge in [-0.3, -0.25) is 14.5 Å². The molecule has 2 heterocycles. The highest BCUT2D eigenvalue weighted by Gasteiger charge is 2.31. The first-order chi connectivity index (χ1) is 14.4. The SMILES string of the molecule is CC(C)CCn1c(SC(C)C(=O)N2CC(=O)Nc3ccccc32)nc2ccccc21. The van der Waals surface area contributed by atoms with Crippen molar-refractivity contribution in [3.8, 4) is 0 Å². The van der Waals surface area contributed by atoms with E-state index in [2.05, 4.69) is 29.8 Å². The zero-order chi connectivity index (χ0) is 21.3. The van der Waals surface area contributed by atoms with Crippen molar-refractivity contribution in [1.82, 2.24) is 9.55 Å². The second kappa shape index (κ2) is 8.52. The molecule has 0 radical (unpaired) electrons. The number of aromatic nitrogens is 2. The molecule has 2 aromatic carbocycles. The van der Waals surface area contributed by atoms with Crippen LogP contribution in [0.1, 0.15) is 27.2 Å². The lowest BCUT2D eigenvalue weighted by molar-refractivity contribution is -0.121. The Hall–Kier alpha value is -2.80.